The van der Waals surface area contributed by atoms with Gasteiger partial charge < -0.3 is 10.6 Å². The first kappa shape index (κ1) is 18.5. The number of benzene rings is 1. The van der Waals surface area contributed by atoms with Crippen LogP contribution in [0.4, 0.5) is 13.9 Å². The van der Waals surface area contributed by atoms with E-state index < -0.39 is 6.17 Å². The van der Waals surface area contributed by atoms with E-state index in [1.165, 1.54) is 23.5 Å². The molecule has 0 bridgehead atoms. The maximum atomic E-state index is 13.9. The molecule has 4 rings (SSSR count). The zero-order valence-electron chi connectivity index (χ0n) is 15.0. The number of piperidine rings is 1. The summed E-state index contributed by atoms with van der Waals surface area (Å²) in [5, 5.41) is 6.46. The molecular formula is C20H23F2N3OS. The maximum Gasteiger partial charge on any atom is 0.226 e. The predicted octanol–water partition coefficient (Wildman–Crippen LogP) is 4.03. The van der Waals surface area contributed by atoms with Crippen LogP contribution in [0.15, 0.2) is 24.3 Å². The van der Waals surface area contributed by atoms with Crippen molar-refractivity contribution in [3.05, 3.63) is 46.2 Å². The van der Waals surface area contributed by atoms with Crippen molar-refractivity contribution in [3.8, 4) is 0 Å². The number of nitrogens with zero attached hydrogens (tertiary/aromatic N) is 1. The summed E-state index contributed by atoms with van der Waals surface area (Å²) in [5.74, 6) is -0.189. The molecule has 1 amide bonds. The molecular weight excluding hydrogens is 368 g/mol. The summed E-state index contributed by atoms with van der Waals surface area (Å²) < 4.78 is 27.0. The Kier molecular flexibility index (Phi) is 5.50. The van der Waals surface area contributed by atoms with Crippen LogP contribution in [0.5, 0.6) is 0 Å². The highest BCUT2D eigenvalue weighted by molar-refractivity contribution is 7.15. The molecule has 1 aliphatic heterocycles. The lowest BCUT2D eigenvalue weighted by Crippen LogP contribution is -2.39. The molecule has 1 saturated carbocycles. The number of amides is 1. The van der Waals surface area contributed by atoms with Crippen LogP contribution in [-0.2, 0) is 11.2 Å². The monoisotopic (exact) mass is 391 g/mol. The van der Waals surface area contributed by atoms with E-state index in [-0.39, 0.29) is 24.1 Å². The van der Waals surface area contributed by atoms with E-state index in [1.54, 1.807) is 12.1 Å². The smallest absolute Gasteiger partial charge is 0.226 e. The summed E-state index contributed by atoms with van der Waals surface area (Å²) in [6.07, 6.45) is 2.81. The van der Waals surface area contributed by atoms with Gasteiger partial charge in [-0.2, -0.15) is 0 Å². The Hall–Kier alpha value is -1.86. The van der Waals surface area contributed by atoms with E-state index in [2.05, 4.69) is 15.6 Å². The van der Waals surface area contributed by atoms with Crippen LogP contribution in [0.2, 0.25) is 0 Å². The number of aromatic nitrogens is 1. The van der Waals surface area contributed by atoms with Gasteiger partial charge in [-0.15, -0.1) is 11.3 Å². The Morgan fingerprint density at radius 2 is 2.04 bits per heavy atom. The van der Waals surface area contributed by atoms with Gasteiger partial charge in [0.15, 0.2) is 5.13 Å². The van der Waals surface area contributed by atoms with Gasteiger partial charge >= 0.3 is 0 Å². The van der Waals surface area contributed by atoms with Crippen LogP contribution in [0.1, 0.15) is 47.7 Å². The summed E-state index contributed by atoms with van der Waals surface area (Å²) in [7, 11) is 0. The Labute approximate surface area is 161 Å². The average Bonchev–Trinajstić information content (AvgIpc) is 3.41. The first-order chi connectivity index (χ1) is 13.1. The van der Waals surface area contributed by atoms with Gasteiger partial charge in [-0.05, 0) is 43.5 Å². The quantitative estimate of drug-likeness (QED) is 0.782. The largest absolute Gasteiger partial charge is 0.314 e. The Balaban J connectivity index is 1.43. The van der Waals surface area contributed by atoms with Gasteiger partial charge in [0.2, 0.25) is 5.91 Å². The Morgan fingerprint density at radius 3 is 2.74 bits per heavy atom. The molecule has 2 aromatic rings. The molecule has 27 heavy (non-hydrogen) atoms. The lowest BCUT2D eigenvalue weighted by molar-refractivity contribution is -0.117. The predicted molar refractivity (Wildman–Crippen MR) is 102 cm³/mol. The van der Waals surface area contributed by atoms with Crippen molar-refractivity contribution in [2.24, 2.45) is 5.92 Å². The minimum atomic E-state index is -0.975. The number of anilines is 1. The van der Waals surface area contributed by atoms with Crippen LogP contribution in [0, 0.1) is 11.7 Å². The van der Waals surface area contributed by atoms with Gasteiger partial charge in [0.25, 0.3) is 0 Å². The molecule has 0 radical (unpaired) electrons. The molecule has 2 N–H and O–H groups in total. The second kappa shape index (κ2) is 8.02. The molecule has 1 saturated heterocycles. The summed E-state index contributed by atoms with van der Waals surface area (Å²) in [5.41, 5.74) is 2.07. The van der Waals surface area contributed by atoms with Gasteiger partial charge in [-0.3, -0.25) is 4.79 Å². The third-order valence-corrected chi connectivity index (χ3v) is 6.19. The fraction of sp³-hybridized carbons (Fsp3) is 0.500. The molecule has 2 unspecified atom stereocenters. The number of carbonyl (C=O) groups is 1. The first-order valence-electron chi connectivity index (χ1n) is 9.47. The molecule has 1 aromatic carbocycles. The minimum absolute atomic E-state index is 0.172. The van der Waals surface area contributed by atoms with Gasteiger partial charge in [-0.25, -0.2) is 13.8 Å². The van der Waals surface area contributed by atoms with E-state index in [1.807, 2.05) is 0 Å². The highest BCUT2D eigenvalue weighted by atomic mass is 32.1. The second-order valence-electron chi connectivity index (χ2n) is 7.43. The molecule has 2 heterocycles. The van der Waals surface area contributed by atoms with Gasteiger partial charge in [0.1, 0.15) is 12.0 Å². The Morgan fingerprint density at radius 1 is 1.26 bits per heavy atom. The van der Waals surface area contributed by atoms with E-state index in [9.17, 15) is 13.6 Å². The molecule has 2 aliphatic rings. The molecule has 144 valence electrons. The standard InChI is InChI=1S/C20H23F2N3OS/c21-15-5-1-12(2-6-15)9-17-19(13-3-4-13)25-20(27-17)24-18(26)10-14-7-8-23-11-16(14)22/h1-2,5-6,13-14,16,23H,3-4,7-11H2,(H,24,25,26). The number of alkyl halides is 1. The molecule has 0 spiro atoms. The Bertz CT molecular complexity index is 804. The molecule has 2 fully saturated rings. The number of rotatable bonds is 6. The number of hydrogen-bond acceptors (Lipinski definition) is 4. The minimum Gasteiger partial charge on any atom is -0.314 e. The molecule has 1 aromatic heterocycles. The normalized spacial score (nSPS) is 22.6. The number of halogens is 2. The molecule has 7 heteroatoms. The zero-order chi connectivity index (χ0) is 18.8. The fourth-order valence-corrected chi connectivity index (χ4v) is 4.62. The van der Waals surface area contributed by atoms with Crippen LogP contribution in [0.25, 0.3) is 0 Å². The van der Waals surface area contributed by atoms with E-state index >= 15 is 0 Å². The second-order valence-corrected chi connectivity index (χ2v) is 8.51. The van der Waals surface area contributed by atoms with Gasteiger partial charge in [0, 0.05) is 36.1 Å². The lowest BCUT2D eigenvalue weighted by atomic mass is 9.92. The summed E-state index contributed by atoms with van der Waals surface area (Å²) >= 11 is 1.48. The SMILES string of the molecule is O=C(CC1CCNCC1F)Nc1nc(C2CC2)c(Cc2ccc(F)cc2)s1. The van der Waals surface area contributed by atoms with Gasteiger partial charge in [0.05, 0.1) is 5.69 Å². The van der Waals surface area contributed by atoms with E-state index in [4.69, 9.17) is 0 Å². The molecule has 1 aliphatic carbocycles. The maximum absolute atomic E-state index is 13.9. The summed E-state index contributed by atoms with van der Waals surface area (Å²) in [6, 6.07) is 6.48. The third kappa shape index (κ3) is 4.71. The van der Waals surface area contributed by atoms with Crippen molar-refractivity contribution in [3.63, 3.8) is 0 Å². The number of nitrogens with one attached hydrogen (secondary N) is 2. The zero-order valence-corrected chi connectivity index (χ0v) is 15.8. The van der Waals surface area contributed by atoms with E-state index in [0.29, 0.717) is 30.4 Å². The highest BCUT2D eigenvalue weighted by Gasteiger charge is 2.31. The molecule has 2 atom stereocenters. The van der Waals surface area contributed by atoms with E-state index in [0.717, 1.165) is 35.5 Å². The van der Waals surface area contributed by atoms with Crippen molar-refractivity contribution in [1.82, 2.24) is 10.3 Å². The van der Waals surface area contributed by atoms with Crippen molar-refractivity contribution in [1.29, 1.82) is 0 Å². The van der Waals surface area contributed by atoms with Crippen LogP contribution < -0.4 is 10.6 Å². The average molecular weight is 391 g/mol. The van der Waals surface area contributed by atoms with Gasteiger partial charge in [-0.1, -0.05) is 12.1 Å². The van der Waals surface area contributed by atoms with Crippen molar-refractivity contribution >= 4 is 22.4 Å². The number of thiazole rings is 1. The topological polar surface area (TPSA) is 54.0 Å². The van der Waals surface area contributed by atoms with Crippen molar-refractivity contribution < 1.29 is 13.6 Å². The number of carbonyl (C=O) groups excluding carboxylic acids is 1. The summed E-state index contributed by atoms with van der Waals surface area (Å²) in [4.78, 5) is 18.1. The van der Waals surface area contributed by atoms with Crippen LogP contribution >= 0.6 is 11.3 Å². The fourth-order valence-electron chi connectivity index (χ4n) is 3.52. The lowest BCUT2D eigenvalue weighted by Gasteiger charge is -2.25. The van der Waals surface area contributed by atoms with Crippen molar-refractivity contribution in [2.75, 3.05) is 18.4 Å². The summed E-state index contributed by atoms with van der Waals surface area (Å²) in [6.45, 7) is 1.08. The third-order valence-electron chi connectivity index (χ3n) is 5.21. The van der Waals surface area contributed by atoms with Crippen LogP contribution in [0.3, 0.4) is 0 Å². The highest BCUT2D eigenvalue weighted by Crippen LogP contribution is 2.44. The first-order valence-corrected chi connectivity index (χ1v) is 10.3. The van der Waals surface area contributed by atoms with Crippen LogP contribution in [-0.4, -0.2) is 30.2 Å². The molecule has 4 nitrogen and oxygen atoms in total. The van der Waals surface area contributed by atoms with Crippen molar-refractivity contribution in [2.45, 2.75) is 44.2 Å². The number of hydrogen-bond donors (Lipinski definition) is 2.